The first-order valence-corrected chi connectivity index (χ1v) is 8.13. The normalized spacial score (nSPS) is 12.2. The smallest absolute Gasteiger partial charge is 0.200 e. The average molecular weight is 323 g/mol. The fourth-order valence-corrected chi connectivity index (χ4v) is 2.72. The van der Waals surface area contributed by atoms with Crippen LogP contribution >= 0.6 is 11.6 Å². The number of nitrogens with one attached hydrogen (secondary N) is 1. The van der Waals surface area contributed by atoms with Crippen molar-refractivity contribution < 1.29 is 8.42 Å². The van der Waals surface area contributed by atoms with Gasteiger partial charge in [-0.3, -0.25) is 0 Å². The molecule has 0 fully saturated rings. The van der Waals surface area contributed by atoms with Crippen molar-refractivity contribution in [1.29, 1.82) is 0 Å². The van der Waals surface area contributed by atoms with Crippen LogP contribution in [0.25, 0.3) is 0 Å². The maximum atomic E-state index is 12.1. The van der Waals surface area contributed by atoms with Crippen molar-refractivity contribution in [3.63, 3.8) is 0 Å². The molecule has 21 heavy (non-hydrogen) atoms. The van der Waals surface area contributed by atoms with Crippen LogP contribution in [-0.4, -0.2) is 14.1 Å². The Kier molecular flexibility index (Phi) is 4.65. The van der Waals surface area contributed by atoms with E-state index < -0.39 is 10.0 Å². The van der Waals surface area contributed by atoms with Crippen LogP contribution in [0.4, 0.5) is 0 Å². The van der Waals surface area contributed by atoms with E-state index in [2.05, 4.69) is 9.93 Å². The standard InChI is InChI=1S/C15H15ClN2O2S/c1-11-6-8-15(9-7-11)21(19,20)18-17-12(2)13-4-3-5-14(16)10-13/h3-10,18H,1-2H3. The molecule has 0 bridgehead atoms. The summed E-state index contributed by atoms with van der Waals surface area (Å²) in [5, 5.41) is 4.50. The molecule has 0 aliphatic heterocycles. The lowest BCUT2D eigenvalue weighted by Crippen LogP contribution is -2.19. The summed E-state index contributed by atoms with van der Waals surface area (Å²) in [7, 11) is -3.66. The van der Waals surface area contributed by atoms with Gasteiger partial charge in [0.15, 0.2) is 0 Å². The number of sulfonamides is 1. The van der Waals surface area contributed by atoms with Crippen molar-refractivity contribution in [2.75, 3.05) is 0 Å². The van der Waals surface area contributed by atoms with Gasteiger partial charge in [0, 0.05) is 5.02 Å². The van der Waals surface area contributed by atoms with E-state index in [1.165, 1.54) is 0 Å². The predicted molar refractivity (Wildman–Crippen MR) is 85.2 cm³/mol. The molecule has 2 aromatic rings. The van der Waals surface area contributed by atoms with Crippen LogP contribution in [0.5, 0.6) is 0 Å². The van der Waals surface area contributed by atoms with Crippen LogP contribution in [-0.2, 0) is 10.0 Å². The van der Waals surface area contributed by atoms with Gasteiger partial charge in [0.1, 0.15) is 0 Å². The van der Waals surface area contributed by atoms with Crippen LogP contribution in [0.15, 0.2) is 58.5 Å². The van der Waals surface area contributed by atoms with E-state index in [1.807, 2.05) is 13.0 Å². The first-order chi connectivity index (χ1) is 9.88. The van der Waals surface area contributed by atoms with E-state index in [9.17, 15) is 8.42 Å². The Morgan fingerprint density at radius 1 is 1.14 bits per heavy atom. The highest BCUT2D eigenvalue weighted by Crippen LogP contribution is 2.12. The quantitative estimate of drug-likeness (QED) is 0.693. The molecule has 0 radical (unpaired) electrons. The van der Waals surface area contributed by atoms with Gasteiger partial charge >= 0.3 is 0 Å². The largest absolute Gasteiger partial charge is 0.276 e. The highest BCUT2D eigenvalue weighted by Gasteiger charge is 2.12. The van der Waals surface area contributed by atoms with Crippen LogP contribution < -0.4 is 4.83 Å². The third-order valence-electron chi connectivity index (χ3n) is 2.91. The molecule has 0 unspecified atom stereocenters. The van der Waals surface area contributed by atoms with E-state index in [0.29, 0.717) is 10.7 Å². The Balaban J connectivity index is 2.21. The second-order valence-electron chi connectivity index (χ2n) is 4.62. The lowest BCUT2D eigenvalue weighted by atomic mass is 10.1. The molecule has 1 N–H and O–H groups in total. The van der Waals surface area contributed by atoms with E-state index in [4.69, 9.17) is 11.6 Å². The van der Waals surface area contributed by atoms with Gasteiger partial charge in [0.2, 0.25) is 0 Å². The minimum atomic E-state index is -3.66. The molecule has 0 saturated heterocycles. The summed E-state index contributed by atoms with van der Waals surface area (Å²) >= 11 is 5.90. The maximum Gasteiger partial charge on any atom is 0.276 e. The number of aryl methyl sites for hydroxylation is 1. The van der Waals surface area contributed by atoms with Gasteiger partial charge in [0.05, 0.1) is 10.6 Å². The Labute approximate surface area is 129 Å². The molecule has 6 heteroatoms. The predicted octanol–water partition coefficient (Wildman–Crippen LogP) is 3.35. The van der Waals surface area contributed by atoms with Gasteiger partial charge in [0.25, 0.3) is 10.0 Å². The van der Waals surface area contributed by atoms with Crippen molar-refractivity contribution in [2.24, 2.45) is 5.10 Å². The van der Waals surface area contributed by atoms with E-state index in [0.717, 1.165) is 11.1 Å². The number of benzene rings is 2. The van der Waals surface area contributed by atoms with Crippen LogP contribution in [0.3, 0.4) is 0 Å². The molecule has 0 saturated carbocycles. The first-order valence-electron chi connectivity index (χ1n) is 6.27. The zero-order valence-electron chi connectivity index (χ0n) is 11.7. The lowest BCUT2D eigenvalue weighted by Gasteiger charge is -2.06. The van der Waals surface area contributed by atoms with Crippen LogP contribution in [0.1, 0.15) is 18.1 Å². The third-order valence-corrected chi connectivity index (χ3v) is 4.37. The molecule has 0 spiro atoms. The molecule has 0 aliphatic carbocycles. The van der Waals surface area contributed by atoms with Gasteiger partial charge in [-0.25, -0.2) is 0 Å². The summed E-state index contributed by atoms with van der Waals surface area (Å²) in [5.41, 5.74) is 2.29. The molecule has 0 amide bonds. The maximum absolute atomic E-state index is 12.1. The van der Waals surface area contributed by atoms with Gasteiger partial charge < -0.3 is 0 Å². The monoisotopic (exact) mass is 322 g/mol. The molecule has 0 atom stereocenters. The minimum Gasteiger partial charge on any atom is -0.200 e. The fourth-order valence-electron chi connectivity index (χ4n) is 1.68. The van der Waals surface area contributed by atoms with Crippen molar-refractivity contribution in [1.82, 2.24) is 4.83 Å². The molecular weight excluding hydrogens is 308 g/mol. The van der Waals surface area contributed by atoms with Crippen LogP contribution in [0, 0.1) is 6.92 Å². The highest BCUT2D eigenvalue weighted by molar-refractivity contribution is 7.89. The second-order valence-corrected chi connectivity index (χ2v) is 6.71. The van der Waals surface area contributed by atoms with Gasteiger partial charge in [-0.15, -0.1) is 0 Å². The number of rotatable bonds is 4. The summed E-state index contributed by atoms with van der Waals surface area (Å²) in [6.45, 7) is 3.61. The Bertz CT molecular complexity index is 769. The second kappa shape index (κ2) is 6.28. The molecular formula is C15H15ClN2O2S. The first kappa shape index (κ1) is 15.5. The van der Waals surface area contributed by atoms with E-state index >= 15 is 0 Å². The summed E-state index contributed by atoms with van der Waals surface area (Å²) in [4.78, 5) is 2.41. The van der Waals surface area contributed by atoms with Crippen molar-refractivity contribution in [3.8, 4) is 0 Å². The van der Waals surface area contributed by atoms with Crippen molar-refractivity contribution >= 4 is 27.3 Å². The number of hydrazone groups is 1. The number of hydrogen-bond acceptors (Lipinski definition) is 3. The molecule has 110 valence electrons. The Hall–Kier alpha value is -1.85. The summed E-state index contributed by atoms with van der Waals surface area (Å²) < 4.78 is 24.2. The van der Waals surface area contributed by atoms with Crippen molar-refractivity contribution in [2.45, 2.75) is 18.7 Å². The fraction of sp³-hybridized carbons (Fsp3) is 0.133. The van der Waals surface area contributed by atoms with E-state index in [-0.39, 0.29) is 4.90 Å². The topological polar surface area (TPSA) is 58.5 Å². The third kappa shape index (κ3) is 4.06. The van der Waals surface area contributed by atoms with Crippen LogP contribution in [0.2, 0.25) is 5.02 Å². The molecule has 0 aliphatic rings. The van der Waals surface area contributed by atoms with Crippen molar-refractivity contribution in [3.05, 3.63) is 64.7 Å². The summed E-state index contributed by atoms with van der Waals surface area (Å²) in [6.07, 6.45) is 0. The zero-order chi connectivity index (χ0) is 15.5. The SMILES string of the molecule is CC(=NNS(=O)(=O)c1ccc(C)cc1)c1cccc(Cl)c1. The molecule has 0 aromatic heterocycles. The van der Waals surface area contributed by atoms with Gasteiger partial charge in [-0.2, -0.15) is 18.4 Å². The molecule has 0 heterocycles. The molecule has 2 rings (SSSR count). The number of nitrogens with zero attached hydrogens (tertiary/aromatic N) is 1. The molecule has 4 nitrogen and oxygen atoms in total. The highest BCUT2D eigenvalue weighted by atomic mass is 35.5. The van der Waals surface area contributed by atoms with Gasteiger partial charge in [-0.05, 0) is 43.7 Å². The zero-order valence-corrected chi connectivity index (χ0v) is 13.2. The average Bonchev–Trinajstić information content (AvgIpc) is 2.45. The molecule has 2 aromatic carbocycles. The Morgan fingerprint density at radius 2 is 1.81 bits per heavy atom. The Morgan fingerprint density at radius 3 is 2.43 bits per heavy atom. The number of hydrogen-bond donors (Lipinski definition) is 1. The summed E-state index contributed by atoms with van der Waals surface area (Å²) in [6, 6.07) is 13.6. The number of halogens is 1. The summed E-state index contributed by atoms with van der Waals surface area (Å²) in [5.74, 6) is 0. The minimum absolute atomic E-state index is 0.177. The lowest BCUT2D eigenvalue weighted by molar-refractivity contribution is 0.584. The van der Waals surface area contributed by atoms with Gasteiger partial charge in [-0.1, -0.05) is 41.4 Å². The van der Waals surface area contributed by atoms with E-state index in [1.54, 1.807) is 49.4 Å².